The number of nitrogens with one attached hydrogen (secondary N) is 2. The SMILES string of the molecule is CCOC(=O)C(CCCCNS(=O)(=O)c1ccc(C)cc1)NC(=O)c1coc(C(N)Cc2ccc(O)cc2)n1. The molecule has 2 atom stereocenters. The molecule has 1 heterocycles. The number of hydrogen-bond acceptors (Lipinski definition) is 9. The van der Waals surface area contributed by atoms with Crippen LogP contribution >= 0.6 is 0 Å². The van der Waals surface area contributed by atoms with Crippen molar-refractivity contribution in [2.24, 2.45) is 5.73 Å². The first-order chi connectivity index (χ1) is 18.6. The number of amides is 1. The van der Waals surface area contributed by atoms with Crippen molar-refractivity contribution in [1.29, 1.82) is 0 Å². The average Bonchev–Trinajstić information content (AvgIpc) is 3.40. The molecule has 39 heavy (non-hydrogen) atoms. The number of unbranched alkanes of at least 4 members (excludes halogenated alkanes) is 1. The topological polar surface area (TPSA) is 174 Å². The largest absolute Gasteiger partial charge is 0.508 e. The van der Waals surface area contributed by atoms with Gasteiger partial charge in [0.05, 0.1) is 17.5 Å². The van der Waals surface area contributed by atoms with Gasteiger partial charge in [0.25, 0.3) is 5.91 Å². The summed E-state index contributed by atoms with van der Waals surface area (Å²) >= 11 is 0. The number of oxazole rings is 1. The molecule has 0 fully saturated rings. The number of aromatic hydroxyl groups is 1. The number of hydrogen-bond donors (Lipinski definition) is 4. The van der Waals surface area contributed by atoms with Crippen LogP contribution in [0.3, 0.4) is 0 Å². The Hall–Kier alpha value is -3.74. The molecule has 0 radical (unpaired) electrons. The van der Waals surface area contributed by atoms with E-state index in [-0.39, 0.29) is 41.8 Å². The van der Waals surface area contributed by atoms with Gasteiger partial charge < -0.3 is 25.3 Å². The molecule has 3 aromatic rings. The van der Waals surface area contributed by atoms with Crippen LogP contribution in [0.15, 0.2) is 64.1 Å². The van der Waals surface area contributed by atoms with Gasteiger partial charge in [-0.2, -0.15) is 0 Å². The van der Waals surface area contributed by atoms with Crippen LogP contribution < -0.4 is 15.8 Å². The fourth-order valence-corrected chi connectivity index (χ4v) is 4.81. The predicted octanol–water partition coefficient (Wildman–Crippen LogP) is 2.74. The van der Waals surface area contributed by atoms with Gasteiger partial charge in [0.15, 0.2) is 5.69 Å². The Morgan fingerprint density at radius 2 is 1.79 bits per heavy atom. The molecule has 0 saturated heterocycles. The van der Waals surface area contributed by atoms with Crippen molar-refractivity contribution >= 4 is 21.9 Å². The number of nitrogens with zero attached hydrogens (tertiary/aromatic N) is 1. The Morgan fingerprint density at radius 1 is 1.10 bits per heavy atom. The van der Waals surface area contributed by atoms with Gasteiger partial charge in [-0.05, 0) is 69.4 Å². The van der Waals surface area contributed by atoms with E-state index in [1.54, 1.807) is 55.5 Å². The van der Waals surface area contributed by atoms with Crippen LogP contribution in [0, 0.1) is 6.92 Å². The smallest absolute Gasteiger partial charge is 0.328 e. The number of nitrogens with two attached hydrogens (primary N) is 1. The zero-order valence-electron chi connectivity index (χ0n) is 21.9. The predicted molar refractivity (Wildman–Crippen MR) is 143 cm³/mol. The number of carbonyl (C=O) groups is 2. The van der Waals surface area contributed by atoms with E-state index in [1.807, 2.05) is 6.92 Å². The zero-order chi connectivity index (χ0) is 28.4. The molecule has 11 nitrogen and oxygen atoms in total. The molecule has 0 saturated carbocycles. The highest BCUT2D eigenvalue weighted by molar-refractivity contribution is 7.89. The van der Waals surface area contributed by atoms with E-state index in [0.29, 0.717) is 19.3 Å². The fourth-order valence-electron chi connectivity index (χ4n) is 3.74. The second kappa shape index (κ2) is 13.9. The molecule has 1 amide bonds. The molecule has 2 aromatic carbocycles. The number of ether oxygens (including phenoxy) is 1. The zero-order valence-corrected chi connectivity index (χ0v) is 22.7. The van der Waals surface area contributed by atoms with Crippen molar-refractivity contribution in [2.45, 2.75) is 56.5 Å². The fraction of sp³-hybridized carbons (Fsp3) is 0.370. The summed E-state index contributed by atoms with van der Waals surface area (Å²) in [6.07, 6.45) is 2.67. The highest BCUT2D eigenvalue weighted by Crippen LogP contribution is 2.18. The van der Waals surface area contributed by atoms with Gasteiger partial charge in [-0.3, -0.25) is 4.79 Å². The minimum atomic E-state index is -3.64. The molecule has 12 heteroatoms. The summed E-state index contributed by atoms with van der Waals surface area (Å²) in [7, 11) is -3.64. The highest BCUT2D eigenvalue weighted by Gasteiger charge is 2.25. The Balaban J connectivity index is 1.52. The number of sulfonamides is 1. The minimum Gasteiger partial charge on any atom is -0.508 e. The number of esters is 1. The van der Waals surface area contributed by atoms with E-state index in [9.17, 15) is 23.1 Å². The third-order valence-electron chi connectivity index (χ3n) is 5.88. The summed E-state index contributed by atoms with van der Waals surface area (Å²) in [6.45, 7) is 3.85. The maximum absolute atomic E-state index is 12.8. The van der Waals surface area contributed by atoms with Crippen LogP contribution in [0.1, 0.15) is 59.7 Å². The van der Waals surface area contributed by atoms with Crippen molar-refractivity contribution in [3.8, 4) is 5.75 Å². The third-order valence-corrected chi connectivity index (χ3v) is 7.36. The van der Waals surface area contributed by atoms with Crippen molar-refractivity contribution in [3.05, 3.63) is 77.5 Å². The van der Waals surface area contributed by atoms with Crippen LogP contribution in [-0.4, -0.2) is 49.6 Å². The lowest BCUT2D eigenvalue weighted by Gasteiger charge is -2.16. The second-order valence-corrected chi connectivity index (χ2v) is 10.8. The first-order valence-corrected chi connectivity index (χ1v) is 14.1. The van der Waals surface area contributed by atoms with Crippen molar-refractivity contribution in [2.75, 3.05) is 13.2 Å². The van der Waals surface area contributed by atoms with Crippen molar-refractivity contribution in [3.63, 3.8) is 0 Å². The third kappa shape index (κ3) is 8.91. The standard InChI is InChI=1S/C27H34N4O7S/c1-3-37-27(34)23(6-4-5-15-29-39(35,36)21-13-7-18(2)8-14-21)30-25(33)24-17-38-26(31-24)22(28)16-19-9-11-20(32)12-10-19/h7-14,17,22-23,29,32H,3-6,15-16,28H2,1-2H3,(H,30,33). The van der Waals surface area contributed by atoms with Gasteiger partial charge >= 0.3 is 5.97 Å². The number of carbonyl (C=O) groups excluding carboxylic acids is 2. The van der Waals surface area contributed by atoms with Crippen LogP contribution in [0.4, 0.5) is 0 Å². The lowest BCUT2D eigenvalue weighted by Crippen LogP contribution is -2.42. The first-order valence-electron chi connectivity index (χ1n) is 12.6. The van der Waals surface area contributed by atoms with E-state index in [0.717, 1.165) is 11.1 Å². The second-order valence-electron chi connectivity index (χ2n) is 9.03. The molecule has 0 aliphatic heterocycles. The molecule has 1 aromatic heterocycles. The number of aryl methyl sites for hydroxylation is 1. The number of benzene rings is 2. The number of aromatic nitrogens is 1. The van der Waals surface area contributed by atoms with Gasteiger partial charge in [-0.25, -0.2) is 22.9 Å². The average molecular weight is 559 g/mol. The van der Waals surface area contributed by atoms with E-state index in [1.165, 1.54) is 6.26 Å². The maximum atomic E-state index is 12.8. The summed E-state index contributed by atoms with van der Waals surface area (Å²) in [4.78, 5) is 29.6. The molecule has 0 aliphatic rings. The molecule has 210 valence electrons. The number of phenolic OH excluding ortho intramolecular Hbond substituents is 1. The minimum absolute atomic E-state index is 0.0358. The monoisotopic (exact) mass is 558 g/mol. The summed E-state index contributed by atoms with van der Waals surface area (Å²) in [5.41, 5.74) is 7.94. The normalized spacial score (nSPS) is 13.0. The molecule has 3 rings (SSSR count). The van der Waals surface area contributed by atoms with Crippen molar-refractivity contribution < 1.29 is 32.3 Å². The summed E-state index contributed by atoms with van der Waals surface area (Å²) in [5, 5.41) is 12.0. The molecular weight excluding hydrogens is 524 g/mol. The molecule has 2 unspecified atom stereocenters. The Bertz CT molecular complexity index is 1340. The molecular formula is C27H34N4O7S. The maximum Gasteiger partial charge on any atom is 0.328 e. The van der Waals surface area contributed by atoms with Gasteiger partial charge in [-0.15, -0.1) is 0 Å². The van der Waals surface area contributed by atoms with Gasteiger partial charge in [0, 0.05) is 6.54 Å². The van der Waals surface area contributed by atoms with Crippen molar-refractivity contribution in [1.82, 2.24) is 15.0 Å². The number of phenols is 1. The van der Waals surface area contributed by atoms with Gasteiger partial charge in [0.2, 0.25) is 15.9 Å². The van der Waals surface area contributed by atoms with E-state index in [2.05, 4.69) is 15.0 Å². The summed E-state index contributed by atoms with van der Waals surface area (Å²) in [5.74, 6) is -0.928. The van der Waals surface area contributed by atoms with E-state index >= 15 is 0 Å². The van der Waals surface area contributed by atoms with Crippen LogP contribution in [0.25, 0.3) is 0 Å². The number of rotatable bonds is 14. The van der Waals surface area contributed by atoms with Crippen LogP contribution in [-0.2, 0) is 26.0 Å². The summed E-state index contributed by atoms with van der Waals surface area (Å²) < 4.78 is 37.9. The van der Waals surface area contributed by atoms with Crippen LogP contribution in [0.5, 0.6) is 5.75 Å². The van der Waals surface area contributed by atoms with E-state index < -0.39 is 34.0 Å². The summed E-state index contributed by atoms with van der Waals surface area (Å²) in [6, 6.07) is 11.5. The van der Waals surface area contributed by atoms with Gasteiger partial charge in [0.1, 0.15) is 18.1 Å². The first kappa shape index (κ1) is 29.8. The van der Waals surface area contributed by atoms with Crippen LogP contribution in [0.2, 0.25) is 0 Å². The molecule has 0 spiro atoms. The Morgan fingerprint density at radius 3 is 2.46 bits per heavy atom. The lowest BCUT2D eigenvalue weighted by molar-refractivity contribution is -0.145. The van der Waals surface area contributed by atoms with E-state index in [4.69, 9.17) is 14.9 Å². The molecule has 0 aliphatic carbocycles. The molecule has 0 bridgehead atoms. The Labute approximate surface area is 227 Å². The Kier molecular flexibility index (Phi) is 10.6. The molecule has 5 N–H and O–H groups in total. The lowest BCUT2D eigenvalue weighted by atomic mass is 10.1. The van der Waals surface area contributed by atoms with Gasteiger partial charge in [-0.1, -0.05) is 29.8 Å². The highest BCUT2D eigenvalue weighted by atomic mass is 32.2. The quantitative estimate of drug-likeness (QED) is 0.171.